The van der Waals surface area contributed by atoms with Gasteiger partial charge >= 0.3 is 0 Å². The monoisotopic (exact) mass is 349 g/mol. The fourth-order valence-corrected chi connectivity index (χ4v) is 2.47. The molecule has 0 atom stereocenters. The Hall–Kier alpha value is -3.61. The van der Waals surface area contributed by atoms with Crippen molar-refractivity contribution in [2.45, 2.75) is 13.3 Å². The normalized spacial score (nSPS) is 13.0. The first-order chi connectivity index (χ1) is 14.3. The highest BCUT2D eigenvalue weighted by Gasteiger charge is 2.16. The van der Waals surface area contributed by atoms with E-state index in [0.29, 0.717) is 17.1 Å². The number of Topliss-reactive ketones (excluding diaryl/α,β-unsaturated/α-hetero) is 1. The molecule has 4 rings (SSSR count). The van der Waals surface area contributed by atoms with Gasteiger partial charge in [-0.2, -0.15) is 5.10 Å². The van der Waals surface area contributed by atoms with Crippen LogP contribution in [0.1, 0.15) is 27.1 Å². The average Bonchev–Trinajstić information content (AvgIpc) is 3.18. The zero-order valence-corrected chi connectivity index (χ0v) is 13.7. The molecule has 7 nitrogen and oxygen atoms in total. The fourth-order valence-electron chi connectivity index (χ4n) is 2.47. The van der Waals surface area contributed by atoms with E-state index < -0.39 is 24.0 Å². The van der Waals surface area contributed by atoms with Crippen molar-refractivity contribution in [1.82, 2.24) is 24.6 Å². The van der Waals surface area contributed by atoms with Crippen molar-refractivity contribution in [3.8, 4) is 11.5 Å². The lowest BCUT2D eigenvalue weighted by atomic mass is 10.1. The van der Waals surface area contributed by atoms with Crippen LogP contribution in [0.3, 0.4) is 0 Å². The molecule has 0 aliphatic rings. The van der Waals surface area contributed by atoms with Gasteiger partial charge in [0.2, 0.25) is 0 Å². The molecule has 26 heavy (non-hydrogen) atoms. The Balaban J connectivity index is 1.71. The minimum atomic E-state index is -0.449. The summed E-state index contributed by atoms with van der Waals surface area (Å²) in [6, 6.07) is 2.08. The van der Waals surface area contributed by atoms with Crippen molar-refractivity contribution in [2.24, 2.45) is 0 Å². The highest BCUT2D eigenvalue weighted by molar-refractivity contribution is 6.02. The van der Waals surface area contributed by atoms with Gasteiger partial charge in [0, 0.05) is 18.1 Å². The standard InChI is InChI=1S/C19H15N5O2/c1-13-6-15(10-20-9-13)26-16-8-17(19-22-12-23-24(19)11-16)18(25)7-14-4-2-3-5-21-14/h2-6,8-12H,7H2,1H3/i2D,3D,4D,5D. The van der Waals surface area contributed by atoms with Crippen LogP contribution in [0.2, 0.25) is 0 Å². The first-order valence-electron chi connectivity index (χ1n) is 9.73. The van der Waals surface area contributed by atoms with Crippen LogP contribution in [-0.4, -0.2) is 30.3 Å². The van der Waals surface area contributed by atoms with E-state index in [1.165, 1.54) is 16.9 Å². The third-order valence-electron chi connectivity index (χ3n) is 3.58. The molecule has 4 aromatic heterocycles. The summed E-state index contributed by atoms with van der Waals surface area (Å²) in [5, 5.41) is 4.07. The van der Waals surface area contributed by atoms with Gasteiger partial charge in [0.05, 0.1) is 29.9 Å². The second kappa shape index (κ2) is 6.72. The summed E-state index contributed by atoms with van der Waals surface area (Å²) < 4.78 is 38.2. The van der Waals surface area contributed by atoms with Crippen molar-refractivity contribution >= 4 is 11.4 Å². The minimum absolute atomic E-state index is 0.0436. The number of rotatable bonds is 5. The first kappa shape index (κ1) is 11.9. The number of fused-ring (bicyclic) bond motifs is 1. The summed E-state index contributed by atoms with van der Waals surface area (Å²) in [6.07, 6.45) is 5.34. The average molecular weight is 349 g/mol. The molecule has 0 aliphatic carbocycles. The number of carbonyl (C=O) groups excluding carboxylic acids is 1. The van der Waals surface area contributed by atoms with E-state index in [1.54, 1.807) is 24.7 Å². The van der Waals surface area contributed by atoms with Crippen LogP contribution in [0, 0.1) is 6.92 Å². The van der Waals surface area contributed by atoms with Crippen LogP contribution in [0.25, 0.3) is 5.65 Å². The summed E-state index contributed by atoms with van der Waals surface area (Å²) >= 11 is 0. The third kappa shape index (κ3) is 3.27. The zero-order valence-electron chi connectivity index (χ0n) is 17.7. The van der Waals surface area contributed by atoms with Gasteiger partial charge in [0.25, 0.3) is 0 Å². The summed E-state index contributed by atoms with van der Waals surface area (Å²) in [6.45, 7) is 1.88. The van der Waals surface area contributed by atoms with Crippen LogP contribution < -0.4 is 4.74 Å². The molecule has 0 aliphatic heterocycles. The molecule has 0 saturated carbocycles. The summed E-state index contributed by atoms with van der Waals surface area (Å²) in [5.41, 5.74) is 1.36. The van der Waals surface area contributed by atoms with Gasteiger partial charge in [-0.3, -0.25) is 14.8 Å². The molecule has 4 heterocycles. The number of hydrogen-bond donors (Lipinski definition) is 0. The van der Waals surface area contributed by atoms with Crippen LogP contribution >= 0.6 is 0 Å². The molecule has 0 spiro atoms. The van der Waals surface area contributed by atoms with E-state index in [2.05, 4.69) is 20.1 Å². The predicted molar refractivity (Wildman–Crippen MR) is 94.3 cm³/mol. The van der Waals surface area contributed by atoms with Gasteiger partial charge in [-0.15, -0.1) is 0 Å². The maximum Gasteiger partial charge on any atom is 0.172 e. The largest absolute Gasteiger partial charge is 0.454 e. The third-order valence-corrected chi connectivity index (χ3v) is 3.58. The van der Waals surface area contributed by atoms with Gasteiger partial charge in [-0.05, 0) is 36.7 Å². The fraction of sp³-hybridized carbons (Fsp3) is 0.105. The molecule has 0 bridgehead atoms. The van der Waals surface area contributed by atoms with E-state index in [9.17, 15) is 4.79 Å². The number of hydrogen-bond acceptors (Lipinski definition) is 6. The Morgan fingerprint density at radius 1 is 1.23 bits per heavy atom. The van der Waals surface area contributed by atoms with Crippen molar-refractivity contribution < 1.29 is 15.0 Å². The van der Waals surface area contributed by atoms with Crippen molar-refractivity contribution in [3.05, 3.63) is 78.2 Å². The van der Waals surface area contributed by atoms with Gasteiger partial charge in [0.1, 0.15) is 17.8 Å². The first-order valence-corrected chi connectivity index (χ1v) is 7.73. The smallest absolute Gasteiger partial charge is 0.172 e. The van der Waals surface area contributed by atoms with Gasteiger partial charge < -0.3 is 4.74 Å². The molecular weight excluding hydrogens is 330 g/mol. The Morgan fingerprint density at radius 2 is 2.15 bits per heavy atom. The van der Waals surface area contributed by atoms with Gasteiger partial charge in [-0.25, -0.2) is 9.50 Å². The highest BCUT2D eigenvalue weighted by Crippen LogP contribution is 2.24. The summed E-state index contributed by atoms with van der Waals surface area (Å²) in [4.78, 5) is 25.0. The lowest BCUT2D eigenvalue weighted by Gasteiger charge is -2.09. The number of nitrogens with zero attached hydrogens (tertiary/aromatic N) is 5. The van der Waals surface area contributed by atoms with Crippen LogP contribution in [0.15, 0.2) is 61.4 Å². The van der Waals surface area contributed by atoms with Gasteiger partial charge in [-0.1, -0.05) is 6.04 Å². The van der Waals surface area contributed by atoms with E-state index >= 15 is 0 Å². The number of ketones is 1. The van der Waals surface area contributed by atoms with Gasteiger partial charge in [0.15, 0.2) is 11.4 Å². The minimum Gasteiger partial charge on any atom is -0.454 e. The number of carbonyl (C=O) groups is 1. The SMILES string of the molecule is [2H]c1nc(CC(=O)c2cc(Oc3cncc(C)c3)cn3ncnc23)c([2H])c([2H])c1[2H]. The summed E-state index contributed by atoms with van der Waals surface area (Å²) in [5.74, 6) is 0.400. The highest BCUT2D eigenvalue weighted by atomic mass is 16.5. The maximum absolute atomic E-state index is 13.0. The molecule has 0 aromatic carbocycles. The molecule has 4 aromatic rings. The Bertz CT molecular complexity index is 1290. The Labute approximate surface area is 155 Å². The number of pyridine rings is 3. The number of aryl methyl sites for hydroxylation is 1. The summed E-state index contributed by atoms with van der Waals surface area (Å²) in [7, 11) is 0. The van der Waals surface area contributed by atoms with Crippen molar-refractivity contribution in [1.29, 1.82) is 0 Å². The predicted octanol–water partition coefficient (Wildman–Crippen LogP) is 3.05. The quantitative estimate of drug-likeness (QED) is 0.515. The van der Waals surface area contributed by atoms with E-state index in [1.807, 2.05) is 6.92 Å². The molecule has 0 saturated heterocycles. The van der Waals surface area contributed by atoms with Crippen LogP contribution in [0.4, 0.5) is 0 Å². The van der Waals surface area contributed by atoms with E-state index in [4.69, 9.17) is 10.2 Å². The molecule has 128 valence electrons. The lowest BCUT2D eigenvalue weighted by Crippen LogP contribution is -2.08. The van der Waals surface area contributed by atoms with Crippen molar-refractivity contribution in [2.75, 3.05) is 0 Å². The molecule has 7 heteroatoms. The molecular formula is C19H15N5O2. The van der Waals surface area contributed by atoms with E-state index in [-0.39, 0.29) is 23.7 Å². The van der Waals surface area contributed by atoms with Crippen LogP contribution in [0.5, 0.6) is 11.5 Å². The lowest BCUT2D eigenvalue weighted by molar-refractivity contribution is 0.0992. The number of ether oxygens (including phenoxy) is 1. The number of aromatic nitrogens is 5. The van der Waals surface area contributed by atoms with Crippen molar-refractivity contribution in [3.63, 3.8) is 0 Å². The van der Waals surface area contributed by atoms with Crippen LogP contribution in [-0.2, 0) is 6.42 Å². The Morgan fingerprint density at radius 3 is 3.04 bits per heavy atom. The molecule has 0 radical (unpaired) electrons. The maximum atomic E-state index is 13.0. The second-order valence-corrected chi connectivity index (χ2v) is 5.56. The molecule has 0 N–H and O–H groups in total. The molecule has 0 fully saturated rings. The molecule has 0 amide bonds. The second-order valence-electron chi connectivity index (χ2n) is 5.56. The van der Waals surface area contributed by atoms with E-state index in [0.717, 1.165) is 5.56 Å². The topological polar surface area (TPSA) is 82.3 Å². The molecule has 0 unspecified atom stereocenters. The Kier molecular flexibility index (Phi) is 3.06. The zero-order chi connectivity index (χ0) is 21.4.